The molecule has 0 aliphatic carbocycles. The molecule has 30 heavy (non-hydrogen) atoms. The fourth-order valence-electron chi connectivity index (χ4n) is 3.45. The molecule has 6 heteroatoms. The number of benzene rings is 2. The molecular formula is C24H25N3O2S. The second-order valence-electron chi connectivity index (χ2n) is 6.86. The first-order valence-corrected chi connectivity index (χ1v) is 10.8. The molecule has 0 aromatic heterocycles. The van der Waals surface area contributed by atoms with E-state index in [2.05, 4.69) is 23.6 Å². The molecule has 0 radical (unpaired) electrons. The van der Waals surface area contributed by atoms with Gasteiger partial charge in [0.1, 0.15) is 5.75 Å². The third-order valence-corrected chi connectivity index (χ3v) is 6.05. The highest BCUT2D eigenvalue weighted by molar-refractivity contribution is 8.03. The summed E-state index contributed by atoms with van der Waals surface area (Å²) in [5.41, 5.74) is 3.34. The van der Waals surface area contributed by atoms with Gasteiger partial charge in [-0.2, -0.15) is 5.26 Å². The van der Waals surface area contributed by atoms with E-state index in [4.69, 9.17) is 4.74 Å². The van der Waals surface area contributed by atoms with Crippen molar-refractivity contribution < 1.29 is 9.53 Å². The summed E-state index contributed by atoms with van der Waals surface area (Å²) in [6.45, 7) is 3.99. The van der Waals surface area contributed by atoms with Gasteiger partial charge < -0.3 is 15.4 Å². The molecular weight excluding hydrogens is 394 g/mol. The highest BCUT2D eigenvalue weighted by atomic mass is 32.2. The number of dihydropyridines is 1. The molecule has 0 fully saturated rings. The Hall–Kier alpha value is -3.17. The molecule has 1 amide bonds. The van der Waals surface area contributed by atoms with E-state index in [1.54, 1.807) is 31.0 Å². The van der Waals surface area contributed by atoms with Crippen LogP contribution in [-0.2, 0) is 4.79 Å². The van der Waals surface area contributed by atoms with E-state index in [1.807, 2.05) is 49.4 Å². The van der Waals surface area contributed by atoms with Gasteiger partial charge in [-0.25, -0.2) is 0 Å². The smallest absolute Gasteiger partial charge is 0.254 e. The third kappa shape index (κ3) is 4.52. The lowest BCUT2D eigenvalue weighted by molar-refractivity contribution is -0.113. The largest absolute Gasteiger partial charge is 0.495 e. The van der Waals surface area contributed by atoms with Crippen molar-refractivity contribution in [3.63, 3.8) is 0 Å². The molecule has 0 unspecified atom stereocenters. The summed E-state index contributed by atoms with van der Waals surface area (Å²) in [7, 11) is 1.57. The molecule has 1 heterocycles. The number of nitriles is 1. The summed E-state index contributed by atoms with van der Waals surface area (Å²) in [6.07, 6.45) is 0.995. The maximum absolute atomic E-state index is 13.4. The van der Waals surface area contributed by atoms with Gasteiger partial charge in [0.15, 0.2) is 0 Å². The molecule has 1 aliphatic rings. The molecule has 0 saturated carbocycles. The zero-order chi connectivity index (χ0) is 21.5. The molecule has 1 aliphatic heterocycles. The molecule has 2 N–H and O–H groups in total. The average molecular weight is 420 g/mol. The van der Waals surface area contributed by atoms with Crippen LogP contribution in [0.3, 0.4) is 0 Å². The number of carbonyl (C=O) groups excluding carboxylic acids is 1. The van der Waals surface area contributed by atoms with E-state index >= 15 is 0 Å². The van der Waals surface area contributed by atoms with Crippen LogP contribution in [0.15, 0.2) is 76.5 Å². The van der Waals surface area contributed by atoms with Crippen molar-refractivity contribution in [2.45, 2.75) is 26.2 Å². The normalized spacial score (nSPS) is 16.0. The van der Waals surface area contributed by atoms with Gasteiger partial charge in [0, 0.05) is 11.3 Å². The van der Waals surface area contributed by atoms with E-state index in [-0.39, 0.29) is 5.91 Å². The number of methoxy groups -OCH3 is 1. The van der Waals surface area contributed by atoms with Crippen LogP contribution in [0.2, 0.25) is 0 Å². The van der Waals surface area contributed by atoms with E-state index in [1.165, 1.54) is 0 Å². The van der Waals surface area contributed by atoms with Crippen molar-refractivity contribution >= 4 is 23.4 Å². The lowest BCUT2D eigenvalue weighted by Gasteiger charge is -2.30. The maximum atomic E-state index is 13.4. The molecule has 5 nitrogen and oxygen atoms in total. The van der Waals surface area contributed by atoms with Crippen LogP contribution in [0.25, 0.3) is 0 Å². The van der Waals surface area contributed by atoms with Crippen molar-refractivity contribution in [1.29, 1.82) is 5.26 Å². The Morgan fingerprint density at radius 1 is 1.20 bits per heavy atom. The maximum Gasteiger partial charge on any atom is 0.254 e. The SMILES string of the molecule is CCCSC1=C(C#N)[C@@H](c2ccccc2)C(C(=O)Nc2ccccc2OC)=C(C)N1. The Bertz CT molecular complexity index is 1020. The molecule has 0 spiro atoms. The summed E-state index contributed by atoms with van der Waals surface area (Å²) >= 11 is 1.62. The van der Waals surface area contributed by atoms with Crippen LogP contribution < -0.4 is 15.4 Å². The minimum Gasteiger partial charge on any atom is -0.495 e. The number of hydrogen-bond donors (Lipinski definition) is 2. The minimum absolute atomic E-state index is 0.259. The van der Waals surface area contributed by atoms with Crippen LogP contribution in [0.5, 0.6) is 5.75 Å². The number of anilines is 1. The van der Waals surface area contributed by atoms with Crippen molar-refractivity contribution in [3.05, 3.63) is 82.0 Å². The molecule has 2 aromatic carbocycles. The molecule has 0 bridgehead atoms. The minimum atomic E-state index is -0.438. The number of ether oxygens (including phenoxy) is 1. The molecule has 1 atom stereocenters. The van der Waals surface area contributed by atoms with Gasteiger partial charge >= 0.3 is 0 Å². The number of amides is 1. The second kappa shape index (κ2) is 10.0. The van der Waals surface area contributed by atoms with Gasteiger partial charge in [0.2, 0.25) is 0 Å². The Balaban J connectivity index is 2.05. The second-order valence-corrected chi connectivity index (χ2v) is 7.97. The van der Waals surface area contributed by atoms with Crippen molar-refractivity contribution in [2.75, 3.05) is 18.2 Å². The van der Waals surface area contributed by atoms with Crippen LogP contribution in [0.4, 0.5) is 5.69 Å². The predicted molar refractivity (Wildman–Crippen MR) is 122 cm³/mol. The monoisotopic (exact) mass is 419 g/mol. The van der Waals surface area contributed by atoms with E-state index < -0.39 is 5.92 Å². The first kappa shape index (κ1) is 21.5. The van der Waals surface area contributed by atoms with Crippen molar-refractivity contribution in [3.8, 4) is 11.8 Å². The molecule has 2 aromatic rings. The number of nitrogens with zero attached hydrogens (tertiary/aromatic N) is 1. The van der Waals surface area contributed by atoms with Crippen molar-refractivity contribution in [2.24, 2.45) is 0 Å². The molecule has 0 saturated heterocycles. The first-order valence-electron chi connectivity index (χ1n) is 9.84. The van der Waals surface area contributed by atoms with Crippen LogP contribution in [-0.4, -0.2) is 18.8 Å². The highest BCUT2D eigenvalue weighted by Crippen LogP contribution is 2.41. The summed E-state index contributed by atoms with van der Waals surface area (Å²) in [5.74, 6) is 0.780. The Morgan fingerprint density at radius 3 is 2.57 bits per heavy atom. The number of rotatable bonds is 7. The van der Waals surface area contributed by atoms with E-state index in [9.17, 15) is 10.1 Å². The lowest BCUT2D eigenvalue weighted by Crippen LogP contribution is -2.30. The third-order valence-electron chi connectivity index (χ3n) is 4.83. The Kier molecular flexibility index (Phi) is 7.21. The van der Waals surface area contributed by atoms with Gasteiger partial charge in [-0.1, -0.05) is 49.4 Å². The van der Waals surface area contributed by atoms with Gasteiger partial charge in [-0.3, -0.25) is 4.79 Å². The summed E-state index contributed by atoms with van der Waals surface area (Å²) in [5, 5.41) is 17.1. The zero-order valence-corrected chi connectivity index (χ0v) is 18.2. The number of thioether (sulfide) groups is 1. The summed E-state index contributed by atoms with van der Waals surface area (Å²) in [4.78, 5) is 13.4. The van der Waals surface area contributed by atoms with Crippen molar-refractivity contribution in [1.82, 2.24) is 5.32 Å². The van der Waals surface area contributed by atoms with Gasteiger partial charge in [-0.15, -0.1) is 11.8 Å². The fourth-order valence-corrected chi connectivity index (χ4v) is 4.40. The Morgan fingerprint density at radius 2 is 1.90 bits per heavy atom. The lowest BCUT2D eigenvalue weighted by atomic mass is 9.82. The number of hydrogen-bond acceptors (Lipinski definition) is 5. The first-order chi connectivity index (χ1) is 14.6. The standard InChI is InChI=1S/C24H25N3O2S/c1-4-14-30-24-18(15-25)22(17-10-6-5-7-11-17)21(16(2)26-24)23(28)27-19-12-8-9-13-20(19)29-3/h5-13,22,26H,4,14H2,1-3H3,(H,27,28)/t22-/m1/s1. The number of nitrogens with one attached hydrogen (secondary N) is 2. The van der Waals surface area contributed by atoms with Gasteiger partial charge in [0.05, 0.1) is 35.4 Å². The quantitative estimate of drug-likeness (QED) is 0.647. The topological polar surface area (TPSA) is 74.2 Å². The van der Waals surface area contributed by atoms with Crippen LogP contribution in [0, 0.1) is 11.3 Å². The van der Waals surface area contributed by atoms with Gasteiger partial charge in [0.25, 0.3) is 5.91 Å². The van der Waals surface area contributed by atoms with E-state index in [0.29, 0.717) is 22.6 Å². The highest BCUT2D eigenvalue weighted by Gasteiger charge is 2.34. The summed E-state index contributed by atoms with van der Waals surface area (Å²) in [6, 6.07) is 19.3. The Labute approximate surface area is 181 Å². The number of allylic oxidation sites excluding steroid dienone is 2. The molecule has 3 rings (SSSR count). The van der Waals surface area contributed by atoms with E-state index in [0.717, 1.165) is 28.5 Å². The summed E-state index contributed by atoms with van der Waals surface area (Å²) < 4.78 is 5.36. The number of carbonyl (C=O) groups is 1. The zero-order valence-electron chi connectivity index (χ0n) is 17.4. The predicted octanol–water partition coefficient (Wildman–Crippen LogP) is 5.17. The van der Waals surface area contributed by atoms with Crippen LogP contribution in [0.1, 0.15) is 31.7 Å². The fraction of sp³-hybridized carbons (Fsp3) is 0.250. The average Bonchev–Trinajstić information content (AvgIpc) is 2.77. The van der Waals surface area contributed by atoms with Gasteiger partial charge in [-0.05, 0) is 36.8 Å². The number of para-hydroxylation sites is 2. The molecule has 154 valence electrons. The van der Waals surface area contributed by atoms with Crippen LogP contribution >= 0.6 is 11.8 Å².